The van der Waals surface area contributed by atoms with Crippen molar-refractivity contribution in [3.05, 3.63) is 40.3 Å². The van der Waals surface area contributed by atoms with E-state index < -0.39 is 0 Å². The summed E-state index contributed by atoms with van der Waals surface area (Å²) >= 11 is 1.82. The summed E-state index contributed by atoms with van der Waals surface area (Å²) < 4.78 is 1.99. The lowest BCUT2D eigenvalue weighted by molar-refractivity contribution is 0.531. The number of thiophene rings is 1. The minimum absolute atomic E-state index is 0.379. The Balaban J connectivity index is 2.08. The molecule has 0 saturated carbocycles. The third-order valence-corrected chi connectivity index (χ3v) is 3.90. The molecule has 0 fully saturated rings. The molecule has 1 atom stereocenters. The fourth-order valence-electron chi connectivity index (χ4n) is 1.99. The Kier molecular flexibility index (Phi) is 4.96. The second-order valence-electron chi connectivity index (χ2n) is 4.42. The van der Waals surface area contributed by atoms with Gasteiger partial charge >= 0.3 is 0 Å². The van der Waals surface area contributed by atoms with Gasteiger partial charge in [-0.3, -0.25) is 4.68 Å². The summed E-state index contributed by atoms with van der Waals surface area (Å²) in [5.74, 6) is 0. The van der Waals surface area contributed by atoms with Crippen molar-refractivity contribution in [3.8, 4) is 0 Å². The number of hydrogen-bond acceptors (Lipinski definition) is 3. The largest absolute Gasteiger partial charge is 0.310 e. The van der Waals surface area contributed by atoms with E-state index in [1.165, 1.54) is 10.4 Å². The summed E-state index contributed by atoms with van der Waals surface area (Å²) in [5.41, 5.74) is 1.29. The van der Waals surface area contributed by atoms with Crippen LogP contribution in [0.5, 0.6) is 0 Å². The summed E-state index contributed by atoms with van der Waals surface area (Å²) in [6, 6.07) is 4.70. The quantitative estimate of drug-likeness (QED) is 0.831. The van der Waals surface area contributed by atoms with Crippen LogP contribution in [0.1, 0.15) is 36.8 Å². The summed E-state index contributed by atoms with van der Waals surface area (Å²) in [7, 11) is 0. The average Bonchev–Trinajstić information content (AvgIpc) is 3.05. The highest BCUT2D eigenvalue weighted by molar-refractivity contribution is 7.09. The molecule has 18 heavy (non-hydrogen) atoms. The highest BCUT2D eigenvalue weighted by Gasteiger charge is 2.13. The molecule has 2 rings (SSSR count). The summed E-state index contributed by atoms with van der Waals surface area (Å²) in [5, 5.41) is 10.1. The Morgan fingerprint density at radius 1 is 1.44 bits per heavy atom. The predicted octanol–water partition coefficient (Wildman–Crippen LogP) is 3.25. The smallest absolute Gasteiger partial charge is 0.0537 e. The van der Waals surface area contributed by atoms with Crippen molar-refractivity contribution in [2.45, 2.75) is 39.3 Å². The molecule has 0 saturated heterocycles. The van der Waals surface area contributed by atoms with Crippen LogP contribution in [0.2, 0.25) is 0 Å². The zero-order valence-electron chi connectivity index (χ0n) is 11.1. The number of nitrogens with one attached hydrogen (secondary N) is 1. The van der Waals surface area contributed by atoms with E-state index in [4.69, 9.17) is 0 Å². The van der Waals surface area contributed by atoms with Crippen molar-refractivity contribution in [2.24, 2.45) is 0 Å². The van der Waals surface area contributed by atoms with Crippen LogP contribution in [-0.4, -0.2) is 16.3 Å². The van der Waals surface area contributed by atoms with Crippen LogP contribution in [0.4, 0.5) is 0 Å². The predicted molar refractivity (Wildman–Crippen MR) is 77.0 cm³/mol. The number of aryl methyl sites for hydroxylation is 1. The normalized spacial score (nSPS) is 12.8. The topological polar surface area (TPSA) is 29.9 Å². The fraction of sp³-hybridized carbons (Fsp3) is 0.500. The molecule has 2 aromatic heterocycles. The molecule has 1 unspecified atom stereocenters. The first kappa shape index (κ1) is 13.3. The Morgan fingerprint density at radius 3 is 2.94 bits per heavy atom. The first-order valence-electron chi connectivity index (χ1n) is 6.61. The molecular weight excluding hydrogens is 242 g/mol. The standard InChI is InChI=1S/C14H21N3S/c1-3-7-15-14(9-13-6-5-8-18-13)12-10-16-17(4-2)11-12/h5-6,8,10-11,14-15H,3-4,7,9H2,1-2H3. The zero-order valence-corrected chi connectivity index (χ0v) is 11.9. The van der Waals surface area contributed by atoms with E-state index in [-0.39, 0.29) is 0 Å². The van der Waals surface area contributed by atoms with Gasteiger partial charge in [0, 0.05) is 35.6 Å². The molecule has 0 bridgehead atoms. The number of rotatable bonds is 7. The molecule has 0 spiro atoms. The van der Waals surface area contributed by atoms with E-state index in [1.807, 2.05) is 22.2 Å². The molecule has 4 heteroatoms. The van der Waals surface area contributed by atoms with Crippen molar-refractivity contribution in [1.82, 2.24) is 15.1 Å². The molecule has 2 heterocycles. The Hall–Kier alpha value is -1.13. The number of aromatic nitrogens is 2. The first-order valence-corrected chi connectivity index (χ1v) is 7.49. The third kappa shape index (κ3) is 3.43. The van der Waals surface area contributed by atoms with Crippen LogP contribution < -0.4 is 5.32 Å². The molecule has 0 aliphatic rings. The van der Waals surface area contributed by atoms with Gasteiger partial charge in [-0.05, 0) is 31.3 Å². The highest BCUT2D eigenvalue weighted by Crippen LogP contribution is 2.21. The van der Waals surface area contributed by atoms with E-state index in [0.717, 1.165) is 25.9 Å². The van der Waals surface area contributed by atoms with Gasteiger partial charge in [-0.1, -0.05) is 13.0 Å². The van der Waals surface area contributed by atoms with Gasteiger partial charge in [-0.25, -0.2) is 0 Å². The summed E-state index contributed by atoms with van der Waals surface area (Å²) in [6.07, 6.45) is 6.35. The average molecular weight is 263 g/mol. The van der Waals surface area contributed by atoms with Crippen LogP contribution in [-0.2, 0) is 13.0 Å². The van der Waals surface area contributed by atoms with E-state index in [2.05, 4.69) is 48.0 Å². The van der Waals surface area contributed by atoms with Crippen LogP contribution in [0.25, 0.3) is 0 Å². The van der Waals surface area contributed by atoms with Gasteiger partial charge in [0.15, 0.2) is 0 Å². The second kappa shape index (κ2) is 6.71. The minimum atomic E-state index is 0.379. The van der Waals surface area contributed by atoms with Crippen molar-refractivity contribution in [2.75, 3.05) is 6.54 Å². The molecule has 0 radical (unpaired) electrons. The lowest BCUT2D eigenvalue weighted by atomic mass is 10.1. The highest BCUT2D eigenvalue weighted by atomic mass is 32.1. The lowest BCUT2D eigenvalue weighted by Crippen LogP contribution is -2.23. The monoisotopic (exact) mass is 263 g/mol. The van der Waals surface area contributed by atoms with Crippen LogP contribution in [0.15, 0.2) is 29.9 Å². The molecule has 1 N–H and O–H groups in total. The van der Waals surface area contributed by atoms with Gasteiger partial charge in [-0.2, -0.15) is 5.10 Å². The van der Waals surface area contributed by atoms with Crippen LogP contribution in [0, 0.1) is 0 Å². The van der Waals surface area contributed by atoms with Gasteiger partial charge in [0.1, 0.15) is 0 Å². The van der Waals surface area contributed by atoms with Crippen molar-refractivity contribution in [3.63, 3.8) is 0 Å². The molecular formula is C14H21N3S. The maximum Gasteiger partial charge on any atom is 0.0537 e. The van der Waals surface area contributed by atoms with E-state index >= 15 is 0 Å². The van der Waals surface area contributed by atoms with E-state index in [1.54, 1.807) is 0 Å². The number of nitrogens with zero attached hydrogens (tertiary/aromatic N) is 2. The Bertz CT molecular complexity index is 447. The molecule has 0 aromatic carbocycles. The zero-order chi connectivity index (χ0) is 12.8. The molecule has 2 aromatic rings. The minimum Gasteiger partial charge on any atom is -0.310 e. The molecule has 3 nitrogen and oxygen atoms in total. The third-order valence-electron chi connectivity index (χ3n) is 3.01. The first-order chi connectivity index (χ1) is 8.83. The molecule has 0 aliphatic carbocycles. The second-order valence-corrected chi connectivity index (χ2v) is 5.45. The van der Waals surface area contributed by atoms with Gasteiger partial charge in [0.25, 0.3) is 0 Å². The van der Waals surface area contributed by atoms with Crippen LogP contribution in [0.3, 0.4) is 0 Å². The lowest BCUT2D eigenvalue weighted by Gasteiger charge is -2.16. The summed E-state index contributed by atoms with van der Waals surface area (Å²) in [6.45, 7) is 6.29. The maximum atomic E-state index is 4.37. The van der Waals surface area contributed by atoms with Gasteiger partial charge in [0.05, 0.1) is 6.20 Å². The molecule has 98 valence electrons. The van der Waals surface area contributed by atoms with Crippen molar-refractivity contribution in [1.29, 1.82) is 0 Å². The van der Waals surface area contributed by atoms with Crippen molar-refractivity contribution < 1.29 is 0 Å². The van der Waals surface area contributed by atoms with Gasteiger partial charge < -0.3 is 5.32 Å². The van der Waals surface area contributed by atoms with Crippen molar-refractivity contribution >= 4 is 11.3 Å². The van der Waals surface area contributed by atoms with Gasteiger partial charge in [0.2, 0.25) is 0 Å². The van der Waals surface area contributed by atoms with E-state index in [0.29, 0.717) is 6.04 Å². The Morgan fingerprint density at radius 2 is 2.33 bits per heavy atom. The molecule has 0 amide bonds. The molecule has 0 aliphatic heterocycles. The SMILES string of the molecule is CCCNC(Cc1cccs1)c1cnn(CC)c1. The summed E-state index contributed by atoms with van der Waals surface area (Å²) in [4.78, 5) is 1.42. The Labute approximate surface area is 113 Å². The van der Waals surface area contributed by atoms with Gasteiger partial charge in [-0.15, -0.1) is 11.3 Å². The fourth-order valence-corrected chi connectivity index (χ4v) is 2.74. The maximum absolute atomic E-state index is 4.37. The van der Waals surface area contributed by atoms with Crippen LogP contribution >= 0.6 is 11.3 Å². The number of hydrogen-bond donors (Lipinski definition) is 1. The van der Waals surface area contributed by atoms with E-state index in [9.17, 15) is 0 Å².